The van der Waals surface area contributed by atoms with Crippen molar-refractivity contribution in [1.29, 1.82) is 5.26 Å². The Bertz CT molecular complexity index is 945. The Balaban J connectivity index is 1.82. The van der Waals surface area contributed by atoms with Gasteiger partial charge in [-0.25, -0.2) is 13.1 Å². The molecule has 1 saturated heterocycles. The molecule has 0 aliphatic carbocycles. The van der Waals surface area contributed by atoms with Crippen LogP contribution in [-0.4, -0.2) is 44.2 Å². The van der Waals surface area contributed by atoms with Crippen molar-refractivity contribution in [3.8, 4) is 17.2 Å². The number of rotatable bonds is 6. The molecule has 2 unspecified atom stereocenters. The van der Waals surface area contributed by atoms with Gasteiger partial charge < -0.3 is 4.90 Å². The van der Waals surface area contributed by atoms with Crippen LogP contribution in [0, 0.1) is 11.3 Å². The Morgan fingerprint density at radius 1 is 1.07 bits per heavy atom. The van der Waals surface area contributed by atoms with Crippen LogP contribution in [0.2, 0.25) is 0 Å². The topological polar surface area (TPSA) is 73.2 Å². The molecule has 1 aliphatic rings. The number of likely N-dealkylation sites (tertiary alicyclic amines) is 1. The van der Waals surface area contributed by atoms with E-state index in [1.807, 2.05) is 24.3 Å². The van der Waals surface area contributed by atoms with Crippen LogP contribution in [0.5, 0.6) is 0 Å². The number of nitrogens with one attached hydrogen (secondary N) is 1. The second-order valence-electron chi connectivity index (χ2n) is 7.59. The van der Waals surface area contributed by atoms with Gasteiger partial charge in [-0.3, -0.25) is 0 Å². The predicted molar refractivity (Wildman–Crippen MR) is 112 cm³/mol. The minimum absolute atomic E-state index is 0.117. The lowest BCUT2D eigenvalue weighted by molar-refractivity contribution is 0.348. The summed E-state index contributed by atoms with van der Waals surface area (Å²) in [6, 6.07) is 17.9. The standard InChI is InChI=1S/C22H27N3O2S/c1-4-25-14-21(22(15-25)24-28(26,27)16(2)3)20-11-9-19(10-12-20)18-7-5-17(13-23)6-8-18/h5-12,16,21-22,24H,4,14-15H2,1-3H3. The van der Waals surface area contributed by atoms with Gasteiger partial charge in [-0.1, -0.05) is 43.3 Å². The molecule has 0 spiro atoms. The number of likely N-dealkylation sites (N-methyl/N-ethyl adjacent to an activating group) is 1. The average Bonchev–Trinajstić information content (AvgIpc) is 3.10. The fourth-order valence-electron chi connectivity index (χ4n) is 3.61. The zero-order valence-corrected chi connectivity index (χ0v) is 17.4. The van der Waals surface area contributed by atoms with Crippen molar-refractivity contribution in [2.24, 2.45) is 0 Å². The van der Waals surface area contributed by atoms with Crippen LogP contribution in [0.15, 0.2) is 48.5 Å². The number of nitrogens with zero attached hydrogens (tertiary/aromatic N) is 2. The Morgan fingerprint density at radius 2 is 1.64 bits per heavy atom. The number of sulfonamides is 1. The molecule has 5 nitrogen and oxygen atoms in total. The van der Waals surface area contributed by atoms with Crippen molar-refractivity contribution in [1.82, 2.24) is 9.62 Å². The lowest BCUT2D eigenvalue weighted by Crippen LogP contribution is -2.42. The van der Waals surface area contributed by atoms with Gasteiger partial charge in [-0.2, -0.15) is 5.26 Å². The van der Waals surface area contributed by atoms with Gasteiger partial charge >= 0.3 is 0 Å². The highest BCUT2D eigenvalue weighted by molar-refractivity contribution is 7.90. The van der Waals surface area contributed by atoms with Crippen molar-refractivity contribution in [2.75, 3.05) is 19.6 Å². The van der Waals surface area contributed by atoms with E-state index in [4.69, 9.17) is 5.26 Å². The van der Waals surface area contributed by atoms with E-state index in [1.165, 1.54) is 0 Å². The summed E-state index contributed by atoms with van der Waals surface area (Å²) in [7, 11) is -3.31. The summed E-state index contributed by atoms with van der Waals surface area (Å²) in [6.07, 6.45) is 0. The first-order chi connectivity index (χ1) is 13.3. The van der Waals surface area contributed by atoms with Gasteiger partial charge in [0.05, 0.1) is 16.9 Å². The van der Waals surface area contributed by atoms with E-state index in [9.17, 15) is 8.42 Å². The summed E-state index contributed by atoms with van der Waals surface area (Å²) in [4.78, 5) is 2.28. The molecule has 0 aromatic heterocycles. The molecule has 3 rings (SSSR count). The summed E-state index contributed by atoms with van der Waals surface area (Å²) in [5.74, 6) is 0.128. The fraction of sp³-hybridized carbons (Fsp3) is 0.409. The third-order valence-electron chi connectivity index (χ3n) is 5.47. The fourth-order valence-corrected chi connectivity index (χ4v) is 4.54. The highest BCUT2D eigenvalue weighted by Gasteiger charge is 2.36. The molecule has 28 heavy (non-hydrogen) atoms. The van der Waals surface area contributed by atoms with Gasteiger partial charge in [-0.05, 0) is 49.2 Å². The third-order valence-corrected chi connectivity index (χ3v) is 7.34. The van der Waals surface area contributed by atoms with Gasteiger partial charge in [0.15, 0.2) is 0 Å². The smallest absolute Gasteiger partial charge is 0.214 e. The third kappa shape index (κ3) is 4.44. The monoisotopic (exact) mass is 397 g/mol. The van der Waals surface area contributed by atoms with Crippen LogP contribution in [0.25, 0.3) is 11.1 Å². The zero-order valence-electron chi connectivity index (χ0n) is 16.6. The van der Waals surface area contributed by atoms with Crippen LogP contribution in [0.1, 0.15) is 37.8 Å². The molecule has 6 heteroatoms. The average molecular weight is 398 g/mol. The Morgan fingerprint density at radius 3 is 2.14 bits per heavy atom. The molecular formula is C22H27N3O2S. The molecule has 148 valence electrons. The molecule has 0 bridgehead atoms. The van der Waals surface area contributed by atoms with Crippen LogP contribution >= 0.6 is 0 Å². The summed E-state index contributed by atoms with van der Waals surface area (Å²) >= 11 is 0. The van der Waals surface area contributed by atoms with E-state index in [0.717, 1.165) is 36.3 Å². The highest BCUT2D eigenvalue weighted by Crippen LogP contribution is 2.30. The first kappa shape index (κ1) is 20.5. The molecular weight excluding hydrogens is 370 g/mol. The molecule has 0 saturated carbocycles. The highest BCUT2D eigenvalue weighted by atomic mass is 32.2. The van der Waals surface area contributed by atoms with Gasteiger partial charge in [0.25, 0.3) is 0 Å². The molecule has 1 aliphatic heterocycles. The SMILES string of the molecule is CCN1CC(NS(=O)(=O)C(C)C)C(c2ccc(-c3ccc(C#N)cc3)cc2)C1. The van der Waals surface area contributed by atoms with Crippen molar-refractivity contribution >= 4 is 10.0 Å². The number of hydrogen-bond acceptors (Lipinski definition) is 4. The van der Waals surface area contributed by atoms with Crippen LogP contribution in [0.3, 0.4) is 0 Å². The van der Waals surface area contributed by atoms with E-state index < -0.39 is 15.3 Å². The Labute approximate surface area is 168 Å². The first-order valence-electron chi connectivity index (χ1n) is 9.68. The maximum atomic E-state index is 12.4. The Hall–Kier alpha value is -2.20. The van der Waals surface area contributed by atoms with E-state index >= 15 is 0 Å². The molecule has 1 N–H and O–H groups in total. The largest absolute Gasteiger partial charge is 0.301 e. The molecule has 0 amide bonds. The van der Waals surface area contributed by atoms with Crippen molar-refractivity contribution in [3.05, 3.63) is 59.7 Å². The number of nitriles is 1. The lowest BCUT2D eigenvalue weighted by atomic mass is 9.93. The molecule has 2 atom stereocenters. The number of benzene rings is 2. The van der Waals surface area contributed by atoms with Gasteiger partial charge in [0.1, 0.15) is 0 Å². The minimum Gasteiger partial charge on any atom is -0.301 e. The van der Waals surface area contributed by atoms with E-state index in [2.05, 4.69) is 46.9 Å². The van der Waals surface area contributed by atoms with Crippen LogP contribution in [-0.2, 0) is 10.0 Å². The molecule has 1 heterocycles. The van der Waals surface area contributed by atoms with Crippen molar-refractivity contribution in [2.45, 2.75) is 38.0 Å². The predicted octanol–water partition coefficient (Wildman–Crippen LogP) is 3.34. The summed E-state index contributed by atoms with van der Waals surface area (Å²) in [5.41, 5.74) is 3.93. The van der Waals surface area contributed by atoms with Crippen LogP contribution in [0.4, 0.5) is 0 Å². The summed E-state index contributed by atoms with van der Waals surface area (Å²) < 4.78 is 27.7. The summed E-state index contributed by atoms with van der Waals surface area (Å²) in [5, 5.41) is 8.49. The van der Waals surface area contributed by atoms with E-state index in [1.54, 1.807) is 13.8 Å². The second-order valence-corrected chi connectivity index (χ2v) is 9.86. The quantitative estimate of drug-likeness (QED) is 0.811. The first-order valence-corrected chi connectivity index (χ1v) is 11.2. The minimum atomic E-state index is -3.31. The van der Waals surface area contributed by atoms with Gasteiger partial charge in [0, 0.05) is 25.0 Å². The Kier molecular flexibility index (Phi) is 6.19. The van der Waals surface area contributed by atoms with E-state index in [-0.39, 0.29) is 12.0 Å². The summed E-state index contributed by atoms with van der Waals surface area (Å²) in [6.45, 7) is 7.99. The second kappa shape index (κ2) is 8.44. The normalized spacial score (nSPS) is 20.4. The molecule has 2 aromatic carbocycles. The zero-order chi connectivity index (χ0) is 20.3. The number of hydrogen-bond donors (Lipinski definition) is 1. The van der Waals surface area contributed by atoms with E-state index in [0.29, 0.717) is 5.56 Å². The maximum Gasteiger partial charge on any atom is 0.214 e. The maximum absolute atomic E-state index is 12.4. The molecule has 1 fully saturated rings. The van der Waals surface area contributed by atoms with Gasteiger partial charge in [-0.15, -0.1) is 0 Å². The lowest BCUT2D eigenvalue weighted by Gasteiger charge is -2.22. The molecule has 0 radical (unpaired) electrons. The van der Waals surface area contributed by atoms with Gasteiger partial charge in [0.2, 0.25) is 10.0 Å². The van der Waals surface area contributed by atoms with Crippen molar-refractivity contribution < 1.29 is 8.42 Å². The molecule has 2 aromatic rings. The van der Waals surface area contributed by atoms with Crippen molar-refractivity contribution in [3.63, 3.8) is 0 Å². The van der Waals surface area contributed by atoms with Crippen LogP contribution < -0.4 is 4.72 Å².